The van der Waals surface area contributed by atoms with Gasteiger partial charge in [-0.2, -0.15) is 0 Å². The lowest BCUT2D eigenvalue weighted by Gasteiger charge is -2.05. The van der Waals surface area contributed by atoms with Crippen molar-refractivity contribution in [1.82, 2.24) is 5.32 Å². The number of carbonyl (C=O) groups is 1. The smallest absolute Gasteiger partial charge is 0.287 e. The van der Waals surface area contributed by atoms with Gasteiger partial charge in [0.15, 0.2) is 5.76 Å². The third-order valence-corrected chi connectivity index (χ3v) is 5.39. The fraction of sp³-hybridized carbons (Fsp3) is 0.150. The van der Waals surface area contributed by atoms with Crippen molar-refractivity contribution >= 4 is 28.3 Å². The van der Waals surface area contributed by atoms with E-state index in [9.17, 15) is 9.00 Å². The summed E-state index contributed by atoms with van der Waals surface area (Å²) in [6.07, 6.45) is 0. The van der Waals surface area contributed by atoms with E-state index >= 15 is 0 Å². The molecule has 1 aromatic heterocycles. The van der Waals surface area contributed by atoms with Crippen LogP contribution in [-0.4, -0.2) is 17.2 Å². The number of ether oxygens (including phenoxy) is 1. The molecule has 0 aliphatic rings. The van der Waals surface area contributed by atoms with Gasteiger partial charge in [0.2, 0.25) is 0 Å². The largest absolute Gasteiger partial charge is 0.497 e. The average Bonchev–Trinajstić information content (AvgIpc) is 3.15. The number of methoxy groups -OCH3 is 1. The Hall–Kier alpha value is -2.57. The topological polar surface area (TPSA) is 68.5 Å². The van der Waals surface area contributed by atoms with Crippen LogP contribution >= 0.6 is 11.6 Å². The highest BCUT2D eigenvalue weighted by Crippen LogP contribution is 2.18. The summed E-state index contributed by atoms with van der Waals surface area (Å²) in [5, 5.41) is 3.32. The zero-order chi connectivity index (χ0) is 19.2. The van der Waals surface area contributed by atoms with E-state index in [1.54, 1.807) is 43.5 Å². The molecule has 0 saturated carbocycles. The Morgan fingerprint density at radius 1 is 1.15 bits per heavy atom. The van der Waals surface area contributed by atoms with Crippen molar-refractivity contribution < 1.29 is 18.2 Å². The SMILES string of the molecule is COc1ccc(CNC(=O)c2ccc(CS(=O)c3cccc(Cl)c3)o2)cc1. The fourth-order valence-corrected chi connectivity index (χ4v) is 3.74. The molecule has 0 radical (unpaired) electrons. The Morgan fingerprint density at radius 3 is 2.63 bits per heavy atom. The van der Waals surface area contributed by atoms with Gasteiger partial charge in [-0.15, -0.1) is 0 Å². The number of amides is 1. The molecule has 1 heterocycles. The summed E-state index contributed by atoms with van der Waals surface area (Å²) in [6, 6.07) is 17.5. The molecule has 3 rings (SSSR count). The lowest BCUT2D eigenvalue weighted by Crippen LogP contribution is -2.22. The normalized spacial score (nSPS) is 11.8. The number of furan rings is 1. The maximum absolute atomic E-state index is 12.4. The first-order valence-electron chi connectivity index (χ1n) is 8.19. The maximum atomic E-state index is 12.4. The third-order valence-electron chi connectivity index (χ3n) is 3.83. The van der Waals surface area contributed by atoms with E-state index < -0.39 is 10.8 Å². The summed E-state index contributed by atoms with van der Waals surface area (Å²) in [5.41, 5.74) is 0.943. The minimum Gasteiger partial charge on any atom is -0.497 e. The Labute approximate surface area is 164 Å². The molecule has 140 valence electrons. The molecule has 5 nitrogen and oxygen atoms in total. The predicted molar refractivity (Wildman–Crippen MR) is 104 cm³/mol. The number of nitrogens with one attached hydrogen (secondary N) is 1. The van der Waals surface area contributed by atoms with Crippen molar-refractivity contribution in [3.8, 4) is 5.75 Å². The first-order chi connectivity index (χ1) is 13.0. The molecule has 3 aromatic rings. The highest BCUT2D eigenvalue weighted by atomic mass is 35.5. The number of hydrogen-bond donors (Lipinski definition) is 1. The zero-order valence-corrected chi connectivity index (χ0v) is 16.2. The Balaban J connectivity index is 1.57. The molecule has 7 heteroatoms. The Morgan fingerprint density at radius 2 is 1.93 bits per heavy atom. The van der Waals surface area contributed by atoms with Gasteiger partial charge >= 0.3 is 0 Å². The molecular weight excluding hydrogens is 386 g/mol. The van der Waals surface area contributed by atoms with Crippen LogP contribution in [0.15, 0.2) is 70.0 Å². The van der Waals surface area contributed by atoms with E-state index in [2.05, 4.69) is 5.32 Å². The van der Waals surface area contributed by atoms with Gasteiger partial charge in [0.1, 0.15) is 11.5 Å². The van der Waals surface area contributed by atoms with E-state index in [4.69, 9.17) is 20.8 Å². The summed E-state index contributed by atoms with van der Waals surface area (Å²) < 4.78 is 23.0. The van der Waals surface area contributed by atoms with Crippen LogP contribution in [0.1, 0.15) is 21.9 Å². The molecular formula is C20H18ClNO4S. The summed E-state index contributed by atoms with van der Waals surface area (Å²) in [5.74, 6) is 1.26. The summed E-state index contributed by atoms with van der Waals surface area (Å²) in [4.78, 5) is 12.8. The monoisotopic (exact) mass is 403 g/mol. The minimum atomic E-state index is -1.30. The van der Waals surface area contributed by atoms with Crippen LogP contribution in [0.2, 0.25) is 5.02 Å². The molecule has 1 atom stereocenters. The van der Waals surface area contributed by atoms with Gasteiger partial charge in [-0.1, -0.05) is 29.8 Å². The molecule has 1 amide bonds. The van der Waals surface area contributed by atoms with Crippen LogP contribution in [0.4, 0.5) is 0 Å². The van der Waals surface area contributed by atoms with Gasteiger partial charge in [0, 0.05) is 16.5 Å². The first-order valence-corrected chi connectivity index (χ1v) is 9.88. The predicted octanol–water partition coefficient (Wildman–Crippen LogP) is 4.18. The van der Waals surface area contributed by atoms with Crippen molar-refractivity contribution in [2.45, 2.75) is 17.2 Å². The van der Waals surface area contributed by atoms with Gasteiger partial charge < -0.3 is 14.5 Å². The fourth-order valence-electron chi connectivity index (χ4n) is 2.41. The second kappa shape index (κ2) is 8.88. The van der Waals surface area contributed by atoms with Crippen LogP contribution in [-0.2, 0) is 23.1 Å². The molecule has 0 fully saturated rings. The van der Waals surface area contributed by atoms with Crippen molar-refractivity contribution in [2.75, 3.05) is 7.11 Å². The molecule has 27 heavy (non-hydrogen) atoms. The molecule has 2 aromatic carbocycles. The average molecular weight is 404 g/mol. The second-order valence-electron chi connectivity index (χ2n) is 5.74. The van der Waals surface area contributed by atoms with E-state index in [0.717, 1.165) is 11.3 Å². The van der Waals surface area contributed by atoms with Crippen molar-refractivity contribution in [3.63, 3.8) is 0 Å². The van der Waals surface area contributed by atoms with Gasteiger partial charge in [-0.05, 0) is 48.0 Å². The van der Waals surface area contributed by atoms with E-state index in [1.165, 1.54) is 0 Å². The van der Waals surface area contributed by atoms with E-state index in [0.29, 0.717) is 22.2 Å². The molecule has 1 N–H and O–H groups in total. The van der Waals surface area contributed by atoms with E-state index in [1.807, 2.05) is 24.3 Å². The molecule has 0 spiro atoms. The van der Waals surface area contributed by atoms with Crippen LogP contribution in [0.25, 0.3) is 0 Å². The number of benzene rings is 2. The number of halogens is 1. The Kier molecular flexibility index (Phi) is 6.32. The quantitative estimate of drug-likeness (QED) is 0.642. The first kappa shape index (κ1) is 19.2. The number of hydrogen-bond acceptors (Lipinski definition) is 4. The molecule has 0 bridgehead atoms. The van der Waals surface area contributed by atoms with E-state index in [-0.39, 0.29) is 17.4 Å². The lowest BCUT2D eigenvalue weighted by molar-refractivity contribution is 0.0921. The Bertz CT molecular complexity index is 953. The molecule has 0 saturated heterocycles. The molecule has 0 aliphatic heterocycles. The third kappa shape index (κ3) is 5.21. The minimum absolute atomic E-state index is 0.173. The molecule has 1 unspecified atom stereocenters. The van der Waals surface area contributed by atoms with Gasteiger partial charge in [0.05, 0.1) is 23.7 Å². The number of rotatable bonds is 7. The van der Waals surface area contributed by atoms with Crippen LogP contribution in [0.3, 0.4) is 0 Å². The van der Waals surface area contributed by atoms with Crippen LogP contribution in [0, 0.1) is 0 Å². The standard InChI is InChI=1S/C20H18ClNO4S/c1-25-16-7-5-14(6-8-16)12-22-20(23)19-10-9-17(26-19)13-27(24)18-4-2-3-15(21)11-18/h2-11H,12-13H2,1H3,(H,22,23). The van der Waals surface area contributed by atoms with Gasteiger partial charge in [0.25, 0.3) is 5.91 Å². The van der Waals surface area contributed by atoms with Gasteiger partial charge in [-0.25, -0.2) is 0 Å². The zero-order valence-electron chi connectivity index (χ0n) is 14.6. The highest BCUT2D eigenvalue weighted by molar-refractivity contribution is 7.84. The van der Waals surface area contributed by atoms with Gasteiger partial charge in [-0.3, -0.25) is 9.00 Å². The van der Waals surface area contributed by atoms with Crippen molar-refractivity contribution in [2.24, 2.45) is 0 Å². The maximum Gasteiger partial charge on any atom is 0.287 e. The molecule has 0 aliphatic carbocycles. The summed E-state index contributed by atoms with van der Waals surface area (Å²) >= 11 is 5.92. The number of carbonyl (C=O) groups excluding carboxylic acids is 1. The highest BCUT2D eigenvalue weighted by Gasteiger charge is 2.14. The van der Waals surface area contributed by atoms with Crippen LogP contribution in [0.5, 0.6) is 5.75 Å². The summed E-state index contributed by atoms with van der Waals surface area (Å²) in [7, 11) is 0.299. The summed E-state index contributed by atoms with van der Waals surface area (Å²) in [6.45, 7) is 0.368. The second-order valence-corrected chi connectivity index (χ2v) is 7.63. The van der Waals surface area contributed by atoms with Crippen molar-refractivity contribution in [1.29, 1.82) is 0 Å². The van der Waals surface area contributed by atoms with Crippen molar-refractivity contribution in [3.05, 3.63) is 82.8 Å². The lowest BCUT2D eigenvalue weighted by atomic mass is 10.2. The van der Waals surface area contributed by atoms with Crippen LogP contribution < -0.4 is 10.1 Å².